The van der Waals surface area contributed by atoms with Crippen LogP contribution in [0.5, 0.6) is 0 Å². The summed E-state index contributed by atoms with van der Waals surface area (Å²) in [5.74, 6) is 0.304. The van der Waals surface area contributed by atoms with Crippen LogP contribution in [0.25, 0.3) is 11.4 Å². The maximum absolute atomic E-state index is 13.9. The summed E-state index contributed by atoms with van der Waals surface area (Å²) in [6.45, 7) is 7.96. The van der Waals surface area contributed by atoms with Gasteiger partial charge in [0.15, 0.2) is 5.82 Å². The summed E-state index contributed by atoms with van der Waals surface area (Å²) in [5, 5.41) is 7.89. The first-order chi connectivity index (χ1) is 7.89. The lowest BCUT2D eigenvalue weighted by molar-refractivity contribution is 0.399. The van der Waals surface area contributed by atoms with Gasteiger partial charge in [0.25, 0.3) is 0 Å². The second-order valence-corrected chi connectivity index (χ2v) is 5.18. The van der Waals surface area contributed by atoms with E-state index >= 15 is 0 Å². The minimum Gasteiger partial charge on any atom is -0.308 e. The molecule has 2 aromatic rings. The van der Waals surface area contributed by atoms with Crippen molar-refractivity contribution >= 4 is 0 Å². The highest BCUT2D eigenvalue weighted by Gasteiger charge is 2.20. The molecule has 3 nitrogen and oxygen atoms in total. The molecular weight excluding hydrogens is 217 g/mol. The standard InChI is InChI=1S/C13H16FN3/c1-9-5-6-10(11(14)7-9)12-16-15-8-17(12)13(2,3)4/h5-8H,1-4H3. The van der Waals surface area contributed by atoms with Crippen LogP contribution in [0.3, 0.4) is 0 Å². The molecule has 0 aliphatic carbocycles. The predicted molar refractivity (Wildman–Crippen MR) is 65.1 cm³/mol. The van der Waals surface area contributed by atoms with Gasteiger partial charge in [-0.2, -0.15) is 0 Å². The number of aromatic nitrogens is 3. The summed E-state index contributed by atoms with van der Waals surface area (Å²) in [5.41, 5.74) is 1.21. The van der Waals surface area contributed by atoms with Gasteiger partial charge in [0, 0.05) is 5.54 Å². The van der Waals surface area contributed by atoms with Crippen molar-refractivity contribution in [2.24, 2.45) is 0 Å². The van der Waals surface area contributed by atoms with Crippen LogP contribution in [-0.2, 0) is 5.54 Å². The highest BCUT2D eigenvalue weighted by molar-refractivity contribution is 5.56. The Kier molecular flexibility index (Phi) is 2.73. The SMILES string of the molecule is Cc1ccc(-c2nncn2C(C)(C)C)c(F)c1. The lowest BCUT2D eigenvalue weighted by Gasteiger charge is -2.22. The third kappa shape index (κ3) is 2.20. The van der Waals surface area contributed by atoms with E-state index in [1.807, 2.05) is 38.3 Å². The molecule has 0 fully saturated rings. The van der Waals surface area contributed by atoms with Crippen molar-refractivity contribution < 1.29 is 4.39 Å². The molecule has 0 amide bonds. The number of hydrogen-bond acceptors (Lipinski definition) is 2. The van der Waals surface area contributed by atoms with Crippen LogP contribution in [0.2, 0.25) is 0 Å². The summed E-state index contributed by atoms with van der Waals surface area (Å²) >= 11 is 0. The van der Waals surface area contributed by atoms with Crippen LogP contribution in [0, 0.1) is 12.7 Å². The molecule has 0 unspecified atom stereocenters. The van der Waals surface area contributed by atoms with Crippen LogP contribution in [0.15, 0.2) is 24.5 Å². The van der Waals surface area contributed by atoms with E-state index in [1.54, 1.807) is 12.4 Å². The lowest BCUT2D eigenvalue weighted by atomic mass is 10.1. The summed E-state index contributed by atoms with van der Waals surface area (Å²) in [4.78, 5) is 0. The third-order valence-corrected chi connectivity index (χ3v) is 2.64. The smallest absolute Gasteiger partial charge is 0.167 e. The Hall–Kier alpha value is -1.71. The summed E-state index contributed by atoms with van der Waals surface area (Å²) in [6.07, 6.45) is 1.63. The minimum absolute atomic E-state index is 0.170. The van der Waals surface area contributed by atoms with Crippen molar-refractivity contribution in [3.63, 3.8) is 0 Å². The quantitative estimate of drug-likeness (QED) is 0.757. The molecule has 0 aliphatic rings. The molecule has 0 N–H and O–H groups in total. The van der Waals surface area contributed by atoms with E-state index in [0.717, 1.165) is 5.56 Å². The second kappa shape index (κ2) is 3.95. The van der Waals surface area contributed by atoms with E-state index in [2.05, 4.69) is 10.2 Å². The van der Waals surface area contributed by atoms with Crippen molar-refractivity contribution in [1.82, 2.24) is 14.8 Å². The largest absolute Gasteiger partial charge is 0.308 e. The second-order valence-electron chi connectivity index (χ2n) is 5.18. The van der Waals surface area contributed by atoms with E-state index in [4.69, 9.17) is 0 Å². The molecule has 1 heterocycles. The number of hydrogen-bond donors (Lipinski definition) is 0. The Bertz CT molecular complexity index is 538. The zero-order chi connectivity index (χ0) is 12.6. The molecule has 0 aliphatic heterocycles. The van der Waals surface area contributed by atoms with Crippen molar-refractivity contribution in [3.8, 4) is 11.4 Å². The number of aryl methyl sites for hydroxylation is 1. The Balaban J connectivity index is 2.58. The van der Waals surface area contributed by atoms with Crippen LogP contribution in [0.4, 0.5) is 4.39 Å². The van der Waals surface area contributed by atoms with E-state index in [1.165, 1.54) is 6.07 Å². The van der Waals surface area contributed by atoms with E-state index < -0.39 is 0 Å². The monoisotopic (exact) mass is 233 g/mol. The Morgan fingerprint density at radius 2 is 1.94 bits per heavy atom. The van der Waals surface area contributed by atoms with Gasteiger partial charge in [-0.1, -0.05) is 6.07 Å². The van der Waals surface area contributed by atoms with Gasteiger partial charge in [-0.05, 0) is 45.4 Å². The van der Waals surface area contributed by atoms with Crippen molar-refractivity contribution in [3.05, 3.63) is 35.9 Å². The summed E-state index contributed by atoms with van der Waals surface area (Å²) in [6, 6.07) is 5.13. The van der Waals surface area contributed by atoms with E-state index in [-0.39, 0.29) is 11.4 Å². The molecule has 0 atom stereocenters. The molecule has 1 aromatic heterocycles. The average Bonchev–Trinajstić information content (AvgIpc) is 2.65. The zero-order valence-corrected chi connectivity index (χ0v) is 10.5. The minimum atomic E-state index is -0.261. The molecule has 90 valence electrons. The van der Waals surface area contributed by atoms with Crippen molar-refractivity contribution in [2.45, 2.75) is 33.2 Å². The first kappa shape index (κ1) is 11.8. The zero-order valence-electron chi connectivity index (χ0n) is 10.5. The van der Waals surface area contributed by atoms with Gasteiger partial charge < -0.3 is 4.57 Å². The average molecular weight is 233 g/mol. The van der Waals surface area contributed by atoms with Gasteiger partial charge >= 0.3 is 0 Å². The molecule has 2 rings (SSSR count). The maximum atomic E-state index is 13.9. The Labute approximate surface area is 100 Å². The van der Waals surface area contributed by atoms with E-state index in [0.29, 0.717) is 11.4 Å². The molecule has 0 radical (unpaired) electrons. The number of benzene rings is 1. The van der Waals surface area contributed by atoms with Crippen LogP contribution >= 0.6 is 0 Å². The van der Waals surface area contributed by atoms with Gasteiger partial charge in [-0.15, -0.1) is 10.2 Å². The molecule has 0 saturated heterocycles. The van der Waals surface area contributed by atoms with Gasteiger partial charge in [0.2, 0.25) is 0 Å². The molecule has 0 bridgehead atoms. The first-order valence-electron chi connectivity index (χ1n) is 5.56. The molecule has 4 heteroatoms. The van der Waals surface area contributed by atoms with E-state index in [9.17, 15) is 4.39 Å². The number of halogens is 1. The molecule has 17 heavy (non-hydrogen) atoms. The normalized spacial score (nSPS) is 11.8. The highest BCUT2D eigenvalue weighted by Crippen LogP contribution is 2.26. The highest BCUT2D eigenvalue weighted by atomic mass is 19.1. The summed E-state index contributed by atoms with van der Waals surface area (Å²) < 4.78 is 15.8. The molecule has 0 saturated carbocycles. The molecule has 1 aromatic carbocycles. The van der Waals surface area contributed by atoms with Crippen LogP contribution in [-0.4, -0.2) is 14.8 Å². The van der Waals surface area contributed by atoms with Crippen LogP contribution < -0.4 is 0 Å². The predicted octanol–water partition coefficient (Wildman–Crippen LogP) is 3.15. The molecular formula is C13H16FN3. The Morgan fingerprint density at radius 3 is 2.53 bits per heavy atom. The molecule has 0 spiro atoms. The summed E-state index contributed by atoms with van der Waals surface area (Å²) in [7, 11) is 0. The maximum Gasteiger partial charge on any atom is 0.167 e. The Morgan fingerprint density at radius 1 is 1.24 bits per heavy atom. The number of nitrogens with zero attached hydrogens (tertiary/aromatic N) is 3. The van der Waals surface area contributed by atoms with Gasteiger partial charge in [0.1, 0.15) is 12.1 Å². The van der Waals surface area contributed by atoms with Gasteiger partial charge in [0.05, 0.1) is 5.56 Å². The van der Waals surface area contributed by atoms with Gasteiger partial charge in [-0.3, -0.25) is 0 Å². The van der Waals surface area contributed by atoms with Crippen LogP contribution in [0.1, 0.15) is 26.3 Å². The van der Waals surface area contributed by atoms with Gasteiger partial charge in [-0.25, -0.2) is 4.39 Å². The van der Waals surface area contributed by atoms with Crippen molar-refractivity contribution in [1.29, 1.82) is 0 Å². The first-order valence-corrected chi connectivity index (χ1v) is 5.56. The fourth-order valence-corrected chi connectivity index (χ4v) is 1.71. The fourth-order valence-electron chi connectivity index (χ4n) is 1.71. The fraction of sp³-hybridized carbons (Fsp3) is 0.385. The van der Waals surface area contributed by atoms with Crippen molar-refractivity contribution in [2.75, 3.05) is 0 Å². The lowest BCUT2D eigenvalue weighted by Crippen LogP contribution is -2.22. The number of rotatable bonds is 1. The topological polar surface area (TPSA) is 30.7 Å². The third-order valence-electron chi connectivity index (χ3n) is 2.64.